The molecule has 0 spiro atoms. The van der Waals surface area contributed by atoms with Crippen molar-refractivity contribution in [2.75, 3.05) is 6.61 Å². The molecule has 0 aromatic carbocycles. The second-order valence-electron chi connectivity index (χ2n) is 5.61. The number of aromatic nitrogens is 2. The van der Waals surface area contributed by atoms with E-state index in [0.29, 0.717) is 12.5 Å². The molecule has 2 aliphatic rings. The first-order valence-corrected chi connectivity index (χ1v) is 5.96. The van der Waals surface area contributed by atoms with E-state index < -0.39 is 0 Å². The van der Waals surface area contributed by atoms with E-state index in [4.69, 9.17) is 14.0 Å². The van der Waals surface area contributed by atoms with Crippen molar-refractivity contribution >= 4 is 12.7 Å². The van der Waals surface area contributed by atoms with Gasteiger partial charge in [-0.2, -0.15) is 0 Å². The predicted molar refractivity (Wildman–Crippen MR) is 63.5 cm³/mol. The molecule has 2 aliphatic heterocycles. The van der Waals surface area contributed by atoms with Crippen LogP contribution in [0.15, 0.2) is 0 Å². The van der Waals surface area contributed by atoms with Crippen molar-refractivity contribution in [1.29, 1.82) is 0 Å². The lowest BCUT2D eigenvalue weighted by molar-refractivity contribution is 0.00578. The molecule has 5 nitrogen and oxygen atoms in total. The van der Waals surface area contributed by atoms with Gasteiger partial charge in [0, 0.05) is 12.0 Å². The van der Waals surface area contributed by atoms with Crippen molar-refractivity contribution in [1.82, 2.24) is 10.2 Å². The van der Waals surface area contributed by atoms with Crippen LogP contribution in [0.4, 0.5) is 0 Å². The third-order valence-corrected chi connectivity index (χ3v) is 3.94. The molecule has 92 valence electrons. The zero-order chi connectivity index (χ0) is 12.3. The lowest BCUT2D eigenvalue weighted by atomic mass is 9.81. The maximum Gasteiger partial charge on any atom is 0.514 e. The van der Waals surface area contributed by atoms with Gasteiger partial charge in [-0.3, -0.25) is 5.10 Å². The zero-order valence-electron chi connectivity index (χ0n) is 10.7. The average Bonchev–Trinajstić information content (AvgIpc) is 2.78. The number of aromatic amines is 1. The van der Waals surface area contributed by atoms with Gasteiger partial charge in [-0.05, 0) is 27.7 Å². The van der Waals surface area contributed by atoms with Crippen LogP contribution in [0.3, 0.4) is 0 Å². The Hall–Kier alpha value is -1.01. The van der Waals surface area contributed by atoms with E-state index >= 15 is 0 Å². The number of H-pyrrole nitrogens is 1. The summed E-state index contributed by atoms with van der Waals surface area (Å²) in [6.45, 7) is 8.86. The average molecular weight is 236 g/mol. The molecule has 0 amide bonds. The van der Waals surface area contributed by atoms with Crippen LogP contribution in [0.25, 0.3) is 0 Å². The molecule has 0 aliphatic carbocycles. The summed E-state index contributed by atoms with van der Waals surface area (Å²) in [6, 6.07) is 0. The van der Waals surface area contributed by atoms with Crippen LogP contribution in [0, 0.1) is 0 Å². The summed E-state index contributed by atoms with van der Waals surface area (Å²) in [5, 5.41) is 7.10. The molecular formula is C11H17BN2O3. The first-order chi connectivity index (χ1) is 7.91. The summed E-state index contributed by atoms with van der Waals surface area (Å²) in [4.78, 5) is 0. The molecule has 1 fully saturated rings. The molecule has 0 unspecified atom stereocenters. The first-order valence-electron chi connectivity index (χ1n) is 5.96. The highest BCUT2D eigenvalue weighted by Crippen LogP contribution is 2.37. The van der Waals surface area contributed by atoms with Crippen molar-refractivity contribution in [2.45, 2.75) is 45.3 Å². The van der Waals surface area contributed by atoms with E-state index in [0.717, 1.165) is 17.6 Å². The quantitative estimate of drug-likeness (QED) is 0.727. The molecule has 0 saturated carbocycles. The van der Waals surface area contributed by atoms with Gasteiger partial charge in [0.1, 0.15) is 0 Å². The van der Waals surface area contributed by atoms with Gasteiger partial charge in [0.15, 0.2) is 0 Å². The maximum atomic E-state index is 5.98. The van der Waals surface area contributed by atoms with Crippen LogP contribution in [0.2, 0.25) is 0 Å². The fourth-order valence-electron chi connectivity index (χ4n) is 2.13. The van der Waals surface area contributed by atoms with Crippen LogP contribution >= 0.6 is 0 Å². The van der Waals surface area contributed by atoms with E-state index in [1.807, 2.05) is 27.7 Å². The normalized spacial score (nSPS) is 24.8. The lowest BCUT2D eigenvalue weighted by Crippen LogP contribution is -2.41. The minimum Gasteiger partial charge on any atom is -0.476 e. The van der Waals surface area contributed by atoms with E-state index in [9.17, 15) is 0 Å². The van der Waals surface area contributed by atoms with Crippen molar-refractivity contribution < 1.29 is 14.0 Å². The zero-order valence-corrected chi connectivity index (χ0v) is 10.7. The third-order valence-electron chi connectivity index (χ3n) is 3.94. The lowest BCUT2D eigenvalue weighted by Gasteiger charge is -2.32. The SMILES string of the molecule is CC1(C)OB(c2[nH]nc3c2CCO3)OC1(C)C. The molecule has 6 heteroatoms. The molecule has 1 saturated heterocycles. The number of nitrogens with zero attached hydrogens (tertiary/aromatic N) is 1. The van der Waals surface area contributed by atoms with Crippen LogP contribution < -0.4 is 10.3 Å². The Labute approximate surface area is 101 Å². The van der Waals surface area contributed by atoms with E-state index in [1.54, 1.807) is 0 Å². The van der Waals surface area contributed by atoms with Crippen LogP contribution in [-0.4, -0.2) is 35.1 Å². The molecule has 1 aromatic heterocycles. The van der Waals surface area contributed by atoms with Gasteiger partial charge >= 0.3 is 7.12 Å². The topological polar surface area (TPSA) is 56.4 Å². The molecular weight excluding hydrogens is 219 g/mol. The third kappa shape index (κ3) is 1.51. The molecule has 0 radical (unpaired) electrons. The number of nitrogens with one attached hydrogen (secondary N) is 1. The predicted octanol–water partition coefficient (Wildman–Crippen LogP) is 0.644. The molecule has 3 heterocycles. The Morgan fingerprint density at radius 2 is 1.82 bits per heavy atom. The minimum absolute atomic E-state index is 0.324. The Bertz CT molecular complexity index is 440. The molecule has 0 bridgehead atoms. The molecule has 1 aromatic rings. The Morgan fingerprint density at radius 3 is 2.47 bits per heavy atom. The second kappa shape index (κ2) is 3.26. The van der Waals surface area contributed by atoms with Crippen molar-refractivity contribution in [2.24, 2.45) is 0 Å². The van der Waals surface area contributed by atoms with Crippen LogP contribution in [0.1, 0.15) is 33.3 Å². The van der Waals surface area contributed by atoms with Gasteiger partial charge in [-0.1, -0.05) is 0 Å². The van der Waals surface area contributed by atoms with Crippen molar-refractivity contribution in [3.63, 3.8) is 0 Å². The maximum absolute atomic E-state index is 5.98. The summed E-state index contributed by atoms with van der Waals surface area (Å²) in [6.07, 6.45) is 0.866. The number of fused-ring (bicyclic) bond motifs is 1. The van der Waals surface area contributed by atoms with Gasteiger partial charge in [-0.25, -0.2) is 0 Å². The molecule has 17 heavy (non-hydrogen) atoms. The number of hydrogen-bond acceptors (Lipinski definition) is 4. The smallest absolute Gasteiger partial charge is 0.476 e. The van der Waals surface area contributed by atoms with E-state index in [1.165, 1.54) is 0 Å². The highest BCUT2D eigenvalue weighted by atomic mass is 16.7. The second-order valence-corrected chi connectivity index (χ2v) is 5.61. The van der Waals surface area contributed by atoms with Gasteiger partial charge in [-0.15, -0.1) is 5.10 Å². The summed E-state index contributed by atoms with van der Waals surface area (Å²) in [7, 11) is -0.377. The van der Waals surface area contributed by atoms with E-state index in [-0.39, 0.29) is 18.3 Å². The fraction of sp³-hybridized carbons (Fsp3) is 0.727. The highest BCUT2D eigenvalue weighted by molar-refractivity contribution is 6.61. The number of rotatable bonds is 1. The molecule has 0 atom stereocenters. The largest absolute Gasteiger partial charge is 0.514 e. The minimum atomic E-state index is -0.377. The summed E-state index contributed by atoms with van der Waals surface area (Å²) in [5.41, 5.74) is 1.34. The summed E-state index contributed by atoms with van der Waals surface area (Å²) < 4.78 is 17.4. The summed E-state index contributed by atoms with van der Waals surface area (Å²) >= 11 is 0. The Balaban J connectivity index is 1.92. The van der Waals surface area contributed by atoms with Crippen molar-refractivity contribution in [3.8, 4) is 5.88 Å². The van der Waals surface area contributed by atoms with Crippen LogP contribution in [-0.2, 0) is 15.7 Å². The monoisotopic (exact) mass is 236 g/mol. The van der Waals surface area contributed by atoms with Gasteiger partial charge in [0.2, 0.25) is 5.88 Å². The van der Waals surface area contributed by atoms with Crippen molar-refractivity contribution in [3.05, 3.63) is 5.56 Å². The Morgan fingerprint density at radius 1 is 1.18 bits per heavy atom. The fourth-order valence-corrected chi connectivity index (χ4v) is 2.13. The van der Waals surface area contributed by atoms with Gasteiger partial charge in [0.05, 0.1) is 23.4 Å². The van der Waals surface area contributed by atoms with Gasteiger partial charge < -0.3 is 14.0 Å². The van der Waals surface area contributed by atoms with Crippen LogP contribution in [0.5, 0.6) is 5.88 Å². The van der Waals surface area contributed by atoms with E-state index in [2.05, 4.69) is 10.2 Å². The number of ether oxygens (including phenoxy) is 1. The highest BCUT2D eigenvalue weighted by Gasteiger charge is 2.53. The van der Waals surface area contributed by atoms with Gasteiger partial charge in [0.25, 0.3) is 0 Å². The standard InChI is InChI=1S/C11H17BN2O3/c1-10(2)11(3,4)17-12(16-10)8-7-5-6-15-9(7)14-13-8/h5-6H2,1-4H3,(H,13,14). The first kappa shape index (κ1) is 11.1. The number of hydrogen-bond donors (Lipinski definition) is 1. The molecule has 3 rings (SSSR count). The molecule has 1 N–H and O–H groups in total. The summed E-state index contributed by atoms with van der Waals surface area (Å²) in [5.74, 6) is 0.690. The Kier molecular flexibility index (Phi) is 2.13.